The van der Waals surface area contributed by atoms with Crippen molar-refractivity contribution in [2.24, 2.45) is 5.73 Å². The van der Waals surface area contributed by atoms with Crippen molar-refractivity contribution in [3.63, 3.8) is 0 Å². The van der Waals surface area contributed by atoms with Gasteiger partial charge in [-0.05, 0) is 89.7 Å². The Balaban J connectivity index is 4.30. The molecule has 7 nitrogen and oxygen atoms in total. The van der Waals surface area contributed by atoms with E-state index < -0.39 is 12.0 Å². The first-order valence-electron chi connectivity index (χ1n) is 20.2. The highest BCUT2D eigenvalue weighted by molar-refractivity contribution is 5.83. The van der Waals surface area contributed by atoms with Gasteiger partial charge in [-0.2, -0.15) is 0 Å². The second kappa shape index (κ2) is 36.1. The van der Waals surface area contributed by atoms with E-state index in [1.807, 2.05) is 0 Å². The minimum Gasteiger partial charge on any atom is -0.480 e. The molecule has 0 saturated carbocycles. The van der Waals surface area contributed by atoms with Crippen LogP contribution in [-0.2, 0) is 19.1 Å². The molecule has 0 saturated heterocycles. The van der Waals surface area contributed by atoms with Crippen LogP contribution in [0.1, 0.15) is 200 Å². The van der Waals surface area contributed by atoms with Crippen LogP contribution in [0.3, 0.4) is 0 Å². The van der Waals surface area contributed by atoms with Crippen LogP contribution in [0.15, 0.2) is 24.3 Å². The first kappa shape index (κ1) is 45.9. The predicted molar refractivity (Wildman–Crippen MR) is 202 cm³/mol. The van der Waals surface area contributed by atoms with Crippen LogP contribution in [0.25, 0.3) is 0 Å². The van der Waals surface area contributed by atoms with Gasteiger partial charge < -0.3 is 20.9 Å². The highest BCUT2D eigenvalue weighted by Gasteiger charge is 2.19. The van der Waals surface area contributed by atoms with Gasteiger partial charge in [0.2, 0.25) is 5.91 Å². The number of nitrogens with two attached hydrogens (primary N) is 1. The van der Waals surface area contributed by atoms with E-state index in [0.29, 0.717) is 38.6 Å². The number of nitrogens with one attached hydrogen (secondary N) is 1. The number of allylic oxidation sites excluding steroid dienone is 3. The molecule has 0 aromatic carbocycles. The number of ether oxygens (including phenoxy) is 1. The summed E-state index contributed by atoms with van der Waals surface area (Å²) >= 11 is 0. The molecule has 0 aliphatic carbocycles. The Labute approximate surface area is 295 Å². The standard InChI is InChI=1S/C41H76N2O5/c1-3-5-7-9-11-13-14-15-16-17-18-19-21-23-29-35-40(45)48-37(31-26-22-20-12-10-8-6-4-2)32-27-24-25-28-34-39(44)43-38(41(46)47)33-30-36-42/h15-16,26,31,37-38H,3-14,17-25,27-30,32-36,42H2,1-2H3,(H,43,44)(H,46,47)/b16-15-,31-26-. The number of esters is 1. The Bertz CT molecular complexity index is 813. The van der Waals surface area contributed by atoms with Crippen molar-refractivity contribution in [3.8, 4) is 0 Å². The Morgan fingerprint density at radius 1 is 0.604 bits per heavy atom. The van der Waals surface area contributed by atoms with E-state index in [4.69, 9.17) is 10.5 Å². The molecular formula is C41H76N2O5. The lowest BCUT2D eigenvalue weighted by atomic mass is 10.1. The molecule has 0 spiro atoms. The van der Waals surface area contributed by atoms with Gasteiger partial charge >= 0.3 is 11.9 Å². The van der Waals surface area contributed by atoms with Gasteiger partial charge in [0.15, 0.2) is 0 Å². The van der Waals surface area contributed by atoms with E-state index in [1.54, 1.807) is 0 Å². The highest BCUT2D eigenvalue weighted by atomic mass is 16.5. The average molecular weight is 677 g/mol. The molecule has 0 fully saturated rings. The molecule has 2 unspecified atom stereocenters. The smallest absolute Gasteiger partial charge is 0.326 e. The molecule has 7 heteroatoms. The van der Waals surface area contributed by atoms with Gasteiger partial charge in [-0.15, -0.1) is 0 Å². The molecule has 0 radical (unpaired) electrons. The molecular weight excluding hydrogens is 600 g/mol. The molecule has 48 heavy (non-hydrogen) atoms. The van der Waals surface area contributed by atoms with Gasteiger partial charge in [-0.1, -0.05) is 128 Å². The van der Waals surface area contributed by atoms with Crippen LogP contribution in [0.4, 0.5) is 0 Å². The van der Waals surface area contributed by atoms with Crippen molar-refractivity contribution in [1.82, 2.24) is 5.32 Å². The fraction of sp³-hybridized carbons (Fsp3) is 0.829. The second-order valence-corrected chi connectivity index (χ2v) is 13.7. The predicted octanol–water partition coefficient (Wildman–Crippen LogP) is 10.9. The van der Waals surface area contributed by atoms with Crippen molar-refractivity contribution in [2.75, 3.05) is 6.54 Å². The number of hydrogen-bond donors (Lipinski definition) is 3. The lowest BCUT2D eigenvalue weighted by Gasteiger charge is -2.15. The Hall–Kier alpha value is -2.15. The number of hydrogen-bond acceptors (Lipinski definition) is 5. The lowest BCUT2D eigenvalue weighted by Crippen LogP contribution is -2.40. The van der Waals surface area contributed by atoms with E-state index in [9.17, 15) is 19.5 Å². The molecule has 280 valence electrons. The van der Waals surface area contributed by atoms with Crippen LogP contribution in [0.2, 0.25) is 0 Å². The number of rotatable bonds is 36. The van der Waals surface area contributed by atoms with Crippen molar-refractivity contribution >= 4 is 17.8 Å². The SMILES string of the molecule is CCCCCCCC/C=C\CCCCCCCC(=O)OC(/C=C\CCCCCCCC)CCCCCCC(=O)NC(CCCN)C(=O)O. The summed E-state index contributed by atoms with van der Waals surface area (Å²) in [5, 5.41) is 11.9. The molecule has 0 aliphatic heterocycles. The van der Waals surface area contributed by atoms with Gasteiger partial charge in [-0.3, -0.25) is 9.59 Å². The molecule has 0 aromatic rings. The van der Waals surface area contributed by atoms with Crippen LogP contribution >= 0.6 is 0 Å². The zero-order valence-electron chi connectivity index (χ0n) is 31.3. The number of carboxylic acid groups (broad SMARTS) is 1. The fourth-order valence-electron chi connectivity index (χ4n) is 5.88. The van der Waals surface area contributed by atoms with E-state index in [1.165, 1.54) is 103 Å². The van der Waals surface area contributed by atoms with Crippen LogP contribution in [-0.4, -0.2) is 41.6 Å². The average Bonchev–Trinajstić information content (AvgIpc) is 3.07. The third-order valence-electron chi connectivity index (χ3n) is 8.97. The van der Waals surface area contributed by atoms with E-state index >= 15 is 0 Å². The molecule has 0 aromatic heterocycles. The number of carbonyl (C=O) groups excluding carboxylic acids is 2. The maximum absolute atomic E-state index is 12.7. The van der Waals surface area contributed by atoms with Crippen LogP contribution < -0.4 is 11.1 Å². The molecule has 0 bridgehead atoms. The number of carboxylic acids is 1. The Kier molecular flexibility index (Phi) is 34.5. The van der Waals surface area contributed by atoms with E-state index in [-0.39, 0.29) is 18.0 Å². The number of amides is 1. The summed E-state index contributed by atoms with van der Waals surface area (Å²) in [7, 11) is 0. The third-order valence-corrected chi connectivity index (χ3v) is 8.97. The van der Waals surface area contributed by atoms with Crippen molar-refractivity contribution in [3.05, 3.63) is 24.3 Å². The van der Waals surface area contributed by atoms with Crippen LogP contribution in [0, 0.1) is 0 Å². The van der Waals surface area contributed by atoms with Crippen molar-refractivity contribution in [2.45, 2.75) is 212 Å². The molecule has 4 N–H and O–H groups in total. The zero-order chi connectivity index (χ0) is 35.3. The number of aliphatic carboxylic acids is 1. The van der Waals surface area contributed by atoms with E-state index in [0.717, 1.165) is 51.4 Å². The molecule has 1 amide bonds. The molecule has 0 aliphatic rings. The van der Waals surface area contributed by atoms with Gasteiger partial charge in [0.25, 0.3) is 0 Å². The summed E-state index contributed by atoms with van der Waals surface area (Å²) in [6, 6.07) is -0.869. The maximum Gasteiger partial charge on any atom is 0.326 e. The van der Waals surface area contributed by atoms with Gasteiger partial charge in [0.1, 0.15) is 12.1 Å². The summed E-state index contributed by atoms with van der Waals surface area (Å²) in [5.74, 6) is -1.33. The minimum absolute atomic E-state index is 0.0962. The van der Waals surface area contributed by atoms with Crippen molar-refractivity contribution in [1.29, 1.82) is 0 Å². The monoisotopic (exact) mass is 677 g/mol. The topological polar surface area (TPSA) is 119 Å². The molecule has 2 atom stereocenters. The first-order chi connectivity index (χ1) is 23.4. The number of carbonyl (C=O) groups is 3. The van der Waals surface area contributed by atoms with E-state index in [2.05, 4.69) is 43.5 Å². The number of unbranched alkanes of at least 4 members (excludes halogenated alkanes) is 20. The summed E-state index contributed by atoms with van der Waals surface area (Å²) < 4.78 is 5.91. The first-order valence-corrected chi connectivity index (χ1v) is 20.2. The maximum atomic E-state index is 12.7. The highest BCUT2D eigenvalue weighted by Crippen LogP contribution is 2.15. The summed E-state index contributed by atoms with van der Waals surface area (Å²) in [4.78, 5) is 36.2. The normalized spacial score (nSPS) is 12.9. The largest absolute Gasteiger partial charge is 0.480 e. The Morgan fingerprint density at radius 3 is 1.62 bits per heavy atom. The second-order valence-electron chi connectivity index (χ2n) is 13.7. The quantitative estimate of drug-likeness (QED) is 0.0345. The summed E-state index contributed by atoms with van der Waals surface area (Å²) in [5.41, 5.74) is 5.47. The van der Waals surface area contributed by atoms with Gasteiger partial charge in [0.05, 0.1) is 0 Å². The Morgan fingerprint density at radius 2 is 1.08 bits per heavy atom. The minimum atomic E-state index is -1.01. The summed E-state index contributed by atoms with van der Waals surface area (Å²) in [6.07, 6.45) is 39.5. The summed E-state index contributed by atoms with van der Waals surface area (Å²) in [6.45, 7) is 4.91. The van der Waals surface area contributed by atoms with Crippen molar-refractivity contribution < 1.29 is 24.2 Å². The third kappa shape index (κ3) is 32.4. The fourth-order valence-corrected chi connectivity index (χ4v) is 5.88. The molecule has 0 heterocycles. The van der Waals surface area contributed by atoms with Gasteiger partial charge in [-0.25, -0.2) is 4.79 Å². The van der Waals surface area contributed by atoms with Crippen LogP contribution in [0.5, 0.6) is 0 Å². The molecule has 0 rings (SSSR count). The zero-order valence-corrected chi connectivity index (χ0v) is 31.3. The van der Waals surface area contributed by atoms with Gasteiger partial charge in [0, 0.05) is 12.8 Å². The lowest BCUT2D eigenvalue weighted by molar-refractivity contribution is -0.147.